The topological polar surface area (TPSA) is 17.1 Å². The minimum Gasteiger partial charge on any atom is -0.289 e. The predicted molar refractivity (Wildman–Crippen MR) is 69.0 cm³/mol. The lowest BCUT2D eigenvalue weighted by Gasteiger charge is -2.09. The van der Waals surface area contributed by atoms with Gasteiger partial charge in [0.2, 0.25) is 0 Å². The number of hydrogen-bond acceptors (Lipinski definition) is 1. The van der Waals surface area contributed by atoms with Crippen LogP contribution in [0.4, 0.5) is 17.6 Å². The SMILES string of the molecule is O=C(c1cccc(Br)c1)c1ccc(F)c(C(F)(F)F)c1. The third-order valence-electron chi connectivity index (χ3n) is 2.62. The predicted octanol–water partition coefficient (Wildman–Crippen LogP) is 4.84. The molecular weight excluding hydrogens is 340 g/mol. The Labute approximate surface area is 120 Å². The number of rotatable bonds is 2. The third-order valence-corrected chi connectivity index (χ3v) is 3.11. The molecule has 0 atom stereocenters. The van der Waals surface area contributed by atoms with Crippen LogP contribution in [0.15, 0.2) is 46.9 Å². The van der Waals surface area contributed by atoms with Gasteiger partial charge in [-0.1, -0.05) is 28.1 Å². The van der Waals surface area contributed by atoms with Crippen molar-refractivity contribution in [3.05, 3.63) is 69.4 Å². The molecule has 0 bridgehead atoms. The van der Waals surface area contributed by atoms with Crippen molar-refractivity contribution in [1.29, 1.82) is 0 Å². The van der Waals surface area contributed by atoms with E-state index in [1.165, 1.54) is 12.1 Å². The van der Waals surface area contributed by atoms with E-state index in [4.69, 9.17) is 0 Å². The molecule has 0 spiro atoms. The number of ketones is 1. The summed E-state index contributed by atoms with van der Waals surface area (Å²) in [4.78, 5) is 12.1. The van der Waals surface area contributed by atoms with Gasteiger partial charge in [0, 0.05) is 15.6 Å². The number of alkyl halides is 3. The Balaban J connectivity index is 2.46. The lowest BCUT2D eigenvalue weighted by atomic mass is 10.0. The number of hydrogen-bond donors (Lipinski definition) is 0. The van der Waals surface area contributed by atoms with Gasteiger partial charge in [0.25, 0.3) is 0 Å². The van der Waals surface area contributed by atoms with Gasteiger partial charge in [-0.2, -0.15) is 13.2 Å². The molecule has 0 aliphatic rings. The Morgan fingerprint density at radius 3 is 2.25 bits per heavy atom. The minimum absolute atomic E-state index is 0.211. The van der Waals surface area contributed by atoms with Gasteiger partial charge in [0.1, 0.15) is 5.82 Å². The zero-order valence-corrected chi connectivity index (χ0v) is 11.4. The summed E-state index contributed by atoms with van der Waals surface area (Å²) in [6, 6.07) is 8.44. The highest BCUT2D eigenvalue weighted by Crippen LogP contribution is 2.32. The summed E-state index contributed by atoms with van der Waals surface area (Å²) in [5, 5.41) is 0. The van der Waals surface area contributed by atoms with Gasteiger partial charge >= 0.3 is 6.18 Å². The zero-order valence-electron chi connectivity index (χ0n) is 9.84. The van der Waals surface area contributed by atoms with E-state index < -0.39 is 23.3 Å². The molecule has 0 amide bonds. The van der Waals surface area contributed by atoms with E-state index in [0.717, 1.165) is 6.07 Å². The molecule has 0 saturated heterocycles. The van der Waals surface area contributed by atoms with E-state index in [0.29, 0.717) is 16.6 Å². The lowest BCUT2D eigenvalue weighted by molar-refractivity contribution is -0.140. The Hall–Kier alpha value is -1.69. The van der Waals surface area contributed by atoms with Crippen molar-refractivity contribution in [1.82, 2.24) is 0 Å². The van der Waals surface area contributed by atoms with Gasteiger partial charge in [0.05, 0.1) is 5.56 Å². The summed E-state index contributed by atoms with van der Waals surface area (Å²) in [6.45, 7) is 0. The van der Waals surface area contributed by atoms with Crippen molar-refractivity contribution >= 4 is 21.7 Å². The van der Waals surface area contributed by atoms with Crippen LogP contribution < -0.4 is 0 Å². The highest BCUT2D eigenvalue weighted by molar-refractivity contribution is 9.10. The van der Waals surface area contributed by atoms with Crippen molar-refractivity contribution in [2.24, 2.45) is 0 Å². The molecule has 0 radical (unpaired) electrons. The van der Waals surface area contributed by atoms with Gasteiger partial charge in [-0.05, 0) is 30.3 Å². The highest BCUT2D eigenvalue weighted by Gasteiger charge is 2.34. The Bertz CT molecular complexity index is 664. The van der Waals surface area contributed by atoms with E-state index in [9.17, 15) is 22.4 Å². The second-order valence-electron chi connectivity index (χ2n) is 4.03. The molecule has 0 unspecified atom stereocenters. The van der Waals surface area contributed by atoms with Crippen molar-refractivity contribution in [2.75, 3.05) is 0 Å². The average Bonchev–Trinajstić information content (AvgIpc) is 2.37. The summed E-state index contributed by atoms with van der Waals surface area (Å²) in [5.41, 5.74) is -1.44. The zero-order chi connectivity index (χ0) is 14.9. The van der Waals surface area contributed by atoms with E-state index in [1.54, 1.807) is 12.1 Å². The molecule has 2 rings (SSSR count). The maximum Gasteiger partial charge on any atom is 0.419 e. The monoisotopic (exact) mass is 346 g/mol. The van der Waals surface area contributed by atoms with Crippen LogP contribution in [0.5, 0.6) is 0 Å². The van der Waals surface area contributed by atoms with Gasteiger partial charge in [-0.15, -0.1) is 0 Å². The molecule has 104 valence electrons. The molecule has 0 aliphatic carbocycles. The first-order valence-electron chi connectivity index (χ1n) is 5.46. The van der Waals surface area contributed by atoms with E-state index in [1.807, 2.05) is 0 Å². The largest absolute Gasteiger partial charge is 0.419 e. The van der Waals surface area contributed by atoms with E-state index in [-0.39, 0.29) is 11.1 Å². The van der Waals surface area contributed by atoms with Crippen LogP contribution >= 0.6 is 15.9 Å². The second-order valence-corrected chi connectivity index (χ2v) is 4.95. The molecule has 0 aliphatic heterocycles. The molecule has 6 heteroatoms. The van der Waals surface area contributed by atoms with Crippen LogP contribution in [0.3, 0.4) is 0 Å². The maximum absolute atomic E-state index is 13.2. The summed E-state index contributed by atoms with van der Waals surface area (Å²) < 4.78 is 51.6. The number of benzene rings is 2. The average molecular weight is 347 g/mol. The summed E-state index contributed by atoms with van der Waals surface area (Å²) in [5.74, 6) is -2.00. The third kappa shape index (κ3) is 3.07. The molecule has 2 aromatic rings. The number of carbonyl (C=O) groups excluding carboxylic acids is 1. The van der Waals surface area contributed by atoms with Crippen LogP contribution in [0.25, 0.3) is 0 Å². The first-order chi connectivity index (χ1) is 9.29. The Kier molecular flexibility index (Phi) is 3.94. The van der Waals surface area contributed by atoms with E-state index in [2.05, 4.69) is 15.9 Å². The summed E-state index contributed by atoms with van der Waals surface area (Å²) >= 11 is 3.17. The molecule has 0 saturated carbocycles. The van der Waals surface area contributed by atoms with Crippen LogP contribution in [-0.4, -0.2) is 5.78 Å². The molecular formula is C14H7BrF4O. The standard InChI is InChI=1S/C14H7BrF4O/c15-10-3-1-2-8(6-10)13(20)9-4-5-12(16)11(7-9)14(17,18)19/h1-7H. The van der Waals surface area contributed by atoms with Gasteiger partial charge in [-0.25, -0.2) is 4.39 Å². The number of carbonyl (C=O) groups is 1. The first kappa shape index (κ1) is 14.7. The molecule has 0 fully saturated rings. The van der Waals surface area contributed by atoms with Crippen LogP contribution in [0, 0.1) is 5.82 Å². The lowest BCUT2D eigenvalue weighted by Crippen LogP contribution is -2.11. The van der Waals surface area contributed by atoms with Crippen LogP contribution in [-0.2, 0) is 6.18 Å². The van der Waals surface area contributed by atoms with Crippen molar-refractivity contribution < 1.29 is 22.4 Å². The molecule has 1 nitrogen and oxygen atoms in total. The molecule has 0 heterocycles. The second kappa shape index (κ2) is 5.36. The molecule has 0 N–H and O–H groups in total. The highest BCUT2D eigenvalue weighted by atomic mass is 79.9. The van der Waals surface area contributed by atoms with Crippen molar-refractivity contribution in [3.63, 3.8) is 0 Å². The summed E-state index contributed by atoms with van der Waals surface area (Å²) in [7, 11) is 0. The Morgan fingerprint density at radius 2 is 1.65 bits per heavy atom. The van der Waals surface area contributed by atoms with E-state index >= 15 is 0 Å². The van der Waals surface area contributed by atoms with Gasteiger partial charge in [-0.3, -0.25) is 4.79 Å². The fourth-order valence-corrected chi connectivity index (χ4v) is 2.08. The van der Waals surface area contributed by atoms with Crippen molar-refractivity contribution in [2.45, 2.75) is 6.18 Å². The fourth-order valence-electron chi connectivity index (χ4n) is 1.68. The first-order valence-corrected chi connectivity index (χ1v) is 6.25. The van der Waals surface area contributed by atoms with Crippen LogP contribution in [0.1, 0.15) is 21.5 Å². The summed E-state index contributed by atoms with van der Waals surface area (Å²) in [6.07, 6.45) is -4.84. The maximum atomic E-state index is 13.2. The number of halogens is 5. The van der Waals surface area contributed by atoms with Gasteiger partial charge in [0.15, 0.2) is 5.78 Å². The quantitative estimate of drug-likeness (QED) is 0.561. The van der Waals surface area contributed by atoms with Gasteiger partial charge < -0.3 is 0 Å². The Morgan fingerprint density at radius 1 is 1.00 bits per heavy atom. The normalized spacial score (nSPS) is 11.4. The minimum atomic E-state index is -4.84. The molecule has 2 aromatic carbocycles. The fraction of sp³-hybridized carbons (Fsp3) is 0.0714. The van der Waals surface area contributed by atoms with Crippen LogP contribution in [0.2, 0.25) is 0 Å². The molecule has 0 aromatic heterocycles. The smallest absolute Gasteiger partial charge is 0.289 e. The molecule has 20 heavy (non-hydrogen) atoms. The van der Waals surface area contributed by atoms with Crippen molar-refractivity contribution in [3.8, 4) is 0 Å².